The number of nitrogens with one attached hydrogen (secondary N) is 1. The van der Waals surface area contributed by atoms with E-state index in [1.807, 2.05) is 24.3 Å². The normalized spacial score (nSPS) is 11.8. The summed E-state index contributed by atoms with van der Waals surface area (Å²) in [7, 11) is 0. The smallest absolute Gasteiger partial charge is 0.407 e. The molecule has 0 bridgehead atoms. The van der Waals surface area contributed by atoms with E-state index in [1.165, 1.54) is 28.3 Å². The second kappa shape index (κ2) is 9.15. The van der Waals surface area contributed by atoms with Gasteiger partial charge in [0, 0.05) is 23.4 Å². The van der Waals surface area contributed by atoms with Gasteiger partial charge in [0.05, 0.1) is 5.56 Å². The first-order valence-corrected chi connectivity index (χ1v) is 10.5. The first kappa shape index (κ1) is 20.2. The molecule has 0 unspecified atom stereocenters. The first-order valence-electron chi connectivity index (χ1n) is 9.66. The lowest BCUT2D eigenvalue weighted by molar-refractivity contribution is 0.143. The summed E-state index contributed by atoms with van der Waals surface area (Å²) in [5.74, 6) is 5.30. The Morgan fingerprint density at radius 3 is 2.37 bits per heavy atom. The van der Waals surface area contributed by atoms with Crippen LogP contribution in [0.3, 0.4) is 0 Å². The monoisotopic (exact) mass is 463 g/mol. The van der Waals surface area contributed by atoms with Gasteiger partial charge in [-0.05, 0) is 40.5 Å². The van der Waals surface area contributed by atoms with Crippen molar-refractivity contribution in [2.45, 2.75) is 12.3 Å². The summed E-state index contributed by atoms with van der Waals surface area (Å²) < 4.78 is 19.9. The number of rotatable bonds is 4. The number of fused-ring (bicyclic) bond motifs is 3. The second-order valence-corrected chi connectivity index (χ2v) is 7.84. The van der Waals surface area contributed by atoms with Crippen molar-refractivity contribution in [1.29, 1.82) is 0 Å². The molecule has 0 atom stereocenters. The van der Waals surface area contributed by atoms with Crippen LogP contribution in [0.25, 0.3) is 11.1 Å². The predicted octanol–water partition coefficient (Wildman–Crippen LogP) is 5.87. The summed E-state index contributed by atoms with van der Waals surface area (Å²) in [6.07, 6.45) is -0.0758. The Morgan fingerprint density at radius 1 is 1.03 bits per heavy atom. The maximum absolute atomic E-state index is 13.7. The van der Waals surface area contributed by atoms with Gasteiger partial charge in [0.2, 0.25) is 0 Å². The Kier molecular flexibility index (Phi) is 6.15. The minimum Gasteiger partial charge on any atom is -0.449 e. The van der Waals surface area contributed by atoms with E-state index in [-0.39, 0.29) is 18.3 Å². The lowest BCUT2D eigenvalue weighted by atomic mass is 9.98. The van der Waals surface area contributed by atoms with E-state index in [0.717, 1.165) is 0 Å². The zero-order valence-corrected chi connectivity index (χ0v) is 17.7. The van der Waals surface area contributed by atoms with Crippen LogP contribution in [-0.4, -0.2) is 19.2 Å². The van der Waals surface area contributed by atoms with E-state index < -0.39 is 6.09 Å². The van der Waals surface area contributed by atoms with Crippen molar-refractivity contribution in [3.63, 3.8) is 0 Å². The van der Waals surface area contributed by atoms with Gasteiger partial charge in [-0.15, -0.1) is 0 Å². The molecule has 3 aromatic rings. The first-order chi connectivity index (χ1) is 14.6. The van der Waals surface area contributed by atoms with Crippen LogP contribution in [0.15, 0.2) is 71.2 Å². The van der Waals surface area contributed by atoms with Crippen LogP contribution < -0.4 is 5.32 Å². The summed E-state index contributed by atoms with van der Waals surface area (Å²) in [5, 5.41) is 2.70. The van der Waals surface area contributed by atoms with Crippen LogP contribution in [0.2, 0.25) is 0 Å². The molecule has 0 saturated heterocycles. The number of carbonyl (C=O) groups is 1. The Hall–Kier alpha value is -3.10. The summed E-state index contributed by atoms with van der Waals surface area (Å²) >= 11 is 3.21. The highest BCUT2D eigenvalue weighted by Gasteiger charge is 2.28. The Labute approximate surface area is 183 Å². The molecule has 0 saturated carbocycles. The van der Waals surface area contributed by atoms with Crippen molar-refractivity contribution in [3.8, 4) is 23.0 Å². The second-order valence-electron chi connectivity index (χ2n) is 6.93. The molecule has 30 heavy (non-hydrogen) atoms. The Morgan fingerprint density at radius 2 is 1.70 bits per heavy atom. The third-order valence-corrected chi connectivity index (χ3v) is 5.51. The Balaban J connectivity index is 1.29. The van der Waals surface area contributed by atoms with E-state index in [4.69, 9.17) is 4.74 Å². The van der Waals surface area contributed by atoms with Crippen molar-refractivity contribution in [1.82, 2.24) is 5.32 Å². The molecule has 1 amide bonds. The number of hydrogen-bond acceptors (Lipinski definition) is 2. The molecule has 0 radical (unpaired) electrons. The molecule has 0 aromatic heterocycles. The number of hydrogen-bond donors (Lipinski definition) is 1. The molecule has 1 N–H and O–H groups in total. The van der Waals surface area contributed by atoms with Crippen molar-refractivity contribution in [2.75, 3.05) is 13.2 Å². The van der Waals surface area contributed by atoms with Gasteiger partial charge in [0.25, 0.3) is 0 Å². The SMILES string of the molecule is O=C(NCCC#Cc1ccc(Br)cc1F)OCC1c2ccccc2-c2ccccc21. The molecule has 0 fully saturated rings. The average Bonchev–Trinajstić information content (AvgIpc) is 3.07. The minimum atomic E-state index is -0.478. The third kappa shape index (κ3) is 4.39. The lowest BCUT2D eigenvalue weighted by Gasteiger charge is -2.14. The number of carbonyl (C=O) groups excluding carboxylic acids is 1. The molecule has 1 aliphatic carbocycles. The van der Waals surface area contributed by atoms with Gasteiger partial charge < -0.3 is 10.1 Å². The van der Waals surface area contributed by atoms with Crippen LogP contribution in [-0.2, 0) is 4.74 Å². The highest BCUT2D eigenvalue weighted by Crippen LogP contribution is 2.44. The fourth-order valence-corrected chi connectivity index (χ4v) is 3.96. The molecule has 0 aliphatic heterocycles. The number of amides is 1. The van der Waals surface area contributed by atoms with Crippen molar-refractivity contribution in [2.24, 2.45) is 0 Å². The molecular formula is C25H19BrFNO2. The molecule has 3 nitrogen and oxygen atoms in total. The zero-order valence-electron chi connectivity index (χ0n) is 16.1. The molecule has 5 heteroatoms. The van der Waals surface area contributed by atoms with Gasteiger partial charge in [0.15, 0.2) is 0 Å². The fraction of sp³-hybridized carbons (Fsp3) is 0.160. The van der Waals surface area contributed by atoms with Gasteiger partial charge in [-0.1, -0.05) is 76.3 Å². The summed E-state index contributed by atoms with van der Waals surface area (Å²) in [6.45, 7) is 0.609. The zero-order chi connectivity index (χ0) is 20.9. The summed E-state index contributed by atoms with van der Waals surface area (Å²) in [5.41, 5.74) is 5.07. The largest absolute Gasteiger partial charge is 0.449 e. The van der Waals surface area contributed by atoms with Crippen LogP contribution in [0.4, 0.5) is 9.18 Å². The molecule has 0 heterocycles. The van der Waals surface area contributed by atoms with E-state index in [1.54, 1.807) is 12.1 Å². The minimum absolute atomic E-state index is 0.0309. The molecular weight excluding hydrogens is 445 g/mol. The molecule has 0 spiro atoms. The number of halogens is 2. The standard InChI is InChI=1S/C25H19BrFNO2/c26-18-13-12-17(24(27)15-18)7-5-6-14-28-25(29)30-16-23-21-10-3-1-8-19(21)20-9-2-4-11-22(20)23/h1-4,8-13,15,23H,6,14,16H2,(H,28,29). The lowest BCUT2D eigenvalue weighted by Crippen LogP contribution is -2.26. The fourth-order valence-electron chi connectivity index (χ4n) is 3.63. The van der Waals surface area contributed by atoms with Gasteiger partial charge in [-0.3, -0.25) is 0 Å². The molecule has 4 rings (SSSR count). The van der Waals surface area contributed by atoms with Crippen LogP contribution in [0, 0.1) is 17.7 Å². The Bertz CT molecular complexity index is 1100. The van der Waals surface area contributed by atoms with Crippen molar-refractivity contribution < 1.29 is 13.9 Å². The van der Waals surface area contributed by atoms with E-state index in [9.17, 15) is 9.18 Å². The third-order valence-electron chi connectivity index (χ3n) is 5.02. The van der Waals surface area contributed by atoms with Crippen LogP contribution in [0.1, 0.15) is 29.0 Å². The van der Waals surface area contributed by atoms with Crippen molar-refractivity contribution >= 4 is 22.0 Å². The van der Waals surface area contributed by atoms with E-state index in [2.05, 4.69) is 57.4 Å². The van der Waals surface area contributed by atoms with Crippen LogP contribution >= 0.6 is 15.9 Å². The number of ether oxygens (including phenoxy) is 1. The predicted molar refractivity (Wildman–Crippen MR) is 119 cm³/mol. The molecule has 1 aliphatic rings. The van der Waals surface area contributed by atoms with Gasteiger partial charge in [0.1, 0.15) is 12.4 Å². The number of benzene rings is 3. The van der Waals surface area contributed by atoms with Gasteiger partial charge in [-0.25, -0.2) is 9.18 Å². The van der Waals surface area contributed by atoms with Crippen molar-refractivity contribution in [3.05, 3.63) is 93.7 Å². The maximum atomic E-state index is 13.7. The average molecular weight is 464 g/mol. The highest BCUT2D eigenvalue weighted by molar-refractivity contribution is 9.10. The summed E-state index contributed by atoms with van der Waals surface area (Å²) in [4.78, 5) is 12.1. The number of alkyl carbamates (subject to hydrolysis) is 1. The summed E-state index contributed by atoms with van der Waals surface area (Å²) in [6, 6.07) is 21.1. The van der Waals surface area contributed by atoms with E-state index in [0.29, 0.717) is 23.0 Å². The molecule has 150 valence electrons. The van der Waals surface area contributed by atoms with E-state index >= 15 is 0 Å². The maximum Gasteiger partial charge on any atom is 0.407 e. The topological polar surface area (TPSA) is 38.3 Å². The van der Waals surface area contributed by atoms with Gasteiger partial charge in [-0.2, -0.15) is 0 Å². The highest BCUT2D eigenvalue weighted by atomic mass is 79.9. The van der Waals surface area contributed by atoms with Crippen LogP contribution in [0.5, 0.6) is 0 Å². The quantitative estimate of drug-likeness (QED) is 0.388. The van der Waals surface area contributed by atoms with Gasteiger partial charge >= 0.3 is 6.09 Å². The molecule has 3 aromatic carbocycles.